The zero-order valence-corrected chi connectivity index (χ0v) is 14.3. The molecule has 0 bridgehead atoms. The van der Waals surface area contributed by atoms with E-state index in [4.69, 9.17) is 4.98 Å². The number of hydrogen-bond acceptors (Lipinski definition) is 3. The summed E-state index contributed by atoms with van der Waals surface area (Å²) in [5.41, 5.74) is 6.45. The van der Waals surface area contributed by atoms with Gasteiger partial charge in [-0.3, -0.25) is 14.6 Å². The Bertz CT molecular complexity index is 946. The van der Waals surface area contributed by atoms with E-state index in [1.807, 2.05) is 13.1 Å². The Balaban J connectivity index is 1.63. The topological polar surface area (TPSA) is 68.0 Å². The number of H-pyrrole nitrogens is 1. The summed E-state index contributed by atoms with van der Waals surface area (Å²) in [7, 11) is 0. The molecule has 1 aliphatic rings. The molecule has 0 spiro atoms. The maximum absolute atomic E-state index is 12.3. The number of hydrogen-bond donors (Lipinski definition) is 1. The van der Waals surface area contributed by atoms with Gasteiger partial charge in [-0.05, 0) is 44.6 Å². The second kappa shape index (κ2) is 5.92. The number of aromatic amines is 1. The fourth-order valence-corrected chi connectivity index (χ4v) is 3.76. The molecule has 24 heavy (non-hydrogen) atoms. The summed E-state index contributed by atoms with van der Waals surface area (Å²) in [5.74, 6) is 0. The van der Waals surface area contributed by atoms with Crippen molar-refractivity contribution in [2.75, 3.05) is 0 Å². The second-order valence-corrected chi connectivity index (χ2v) is 6.61. The van der Waals surface area contributed by atoms with E-state index in [0.29, 0.717) is 0 Å². The maximum Gasteiger partial charge on any atom is 0.272 e. The van der Waals surface area contributed by atoms with Gasteiger partial charge in [-0.15, -0.1) is 0 Å². The van der Waals surface area contributed by atoms with Gasteiger partial charge in [-0.25, -0.2) is 9.50 Å². The van der Waals surface area contributed by atoms with E-state index in [1.165, 1.54) is 24.1 Å². The Hall–Kier alpha value is -2.37. The van der Waals surface area contributed by atoms with Crippen molar-refractivity contribution in [1.29, 1.82) is 0 Å². The van der Waals surface area contributed by atoms with Crippen LogP contribution >= 0.6 is 0 Å². The molecule has 6 nitrogen and oxygen atoms in total. The van der Waals surface area contributed by atoms with Gasteiger partial charge in [-0.2, -0.15) is 5.10 Å². The van der Waals surface area contributed by atoms with Crippen molar-refractivity contribution >= 4 is 5.65 Å². The largest absolute Gasteiger partial charge is 0.294 e. The van der Waals surface area contributed by atoms with Gasteiger partial charge < -0.3 is 0 Å². The number of nitrogens with zero attached hydrogens (tertiary/aromatic N) is 4. The molecule has 0 atom stereocenters. The normalized spacial score (nSPS) is 14.2. The van der Waals surface area contributed by atoms with Crippen LogP contribution in [0.3, 0.4) is 0 Å². The monoisotopic (exact) mass is 325 g/mol. The number of aryl methyl sites for hydroxylation is 5. The molecule has 0 aromatic carbocycles. The van der Waals surface area contributed by atoms with Crippen LogP contribution in [0, 0.1) is 6.92 Å². The SMILES string of the molecule is CCc1c(C)[nH]n2c(=O)cc(CCn3ncc4c3CCCC4)nc12. The van der Waals surface area contributed by atoms with Gasteiger partial charge >= 0.3 is 0 Å². The molecule has 3 heterocycles. The lowest BCUT2D eigenvalue weighted by molar-refractivity contribution is 0.553. The summed E-state index contributed by atoms with van der Waals surface area (Å²) in [5, 5.41) is 7.64. The predicted molar refractivity (Wildman–Crippen MR) is 92.5 cm³/mol. The summed E-state index contributed by atoms with van der Waals surface area (Å²) in [6, 6.07) is 1.64. The van der Waals surface area contributed by atoms with E-state index in [0.717, 1.165) is 54.8 Å². The average molecular weight is 325 g/mol. The van der Waals surface area contributed by atoms with E-state index >= 15 is 0 Å². The van der Waals surface area contributed by atoms with E-state index in [1.54, 1.807) is 10.6 Å². The summed E-state index contributed by atoms with van der Waals surface area (Å²) >= 11 is 0. The van der Waals surface area contributed by atoms with E-state index < -0.39 is 0 Å². The highest BCUT2D eigenvalue weighted by molar-refractivity contribution is 5.50. The number of nitrogens with one attached hydrogen (secondary N) is 1. The minimum atomic E-state index is -0.0414. The van der Waals surface area contributed by atoms with Gasteiger partial charge in [0.25, 0.3) is 5.56 Å². The molecule has 3 aromatic rings. The van der Waals surface area contributed by atoms with Crippen LogP contribution in [0.2, 0.25) is 0 Å². The quantitative estimate of drug-likeness (QED) is 0.800. The highest BCUT2D eigenvalue weighted by Gasteiger charge is 2.16. The van der Waals surface area contributed by atoms with Crippen molar-refractivity contribution in [1.82, 2.24) is 24.4 Å². The van der Waals surface area contributed by atoms with Crippen molar-refractivity contribution < 1.29 is 0 Å². The average Bonchev–Trinajstić information content (AvgIpc) is 3.13. The van der Waals surface area contributed by atoms with Gasteiger partial charge in [0.05, 0.1) is 11.9 Å². The maximum atomic E-state index is 12.3. The molecule has 0 saturated carbocycles. The molecular weight excluding hydrogens is 302 g/mol. The van der Waals surface area contributed by atoms with Crippen molar-refractivity contribution in [3.63, 3.8) is 0 Å². The Kier molecular flexibility index (Phi) is 3.75. The zero-order valence-electron chi connectivity index (χ0n) is 14.3. The molecule has 0 fully saturated rings. The lowest BCUT2D eigenvalue weighted by Crippen LogP contribution is -2.17. The summed E-state index contributed by atoms with van der Waals surface area (Å²) in [4.78, 5) is 17.1. The molecule has 1 aliphatic carbocycles. The Labute approximate surface area is 140 Å². The third kappa shape index (κ3) is 2.46. The molecular formula is C18H23N5O. The number of aromatic nitrogens is 5. The molecule has 6 heteroatoms. The van der Waals surface area contributed by atoms with Crippen LogP contribution in [0.1, 0.15) is 48.0 Å². The Morgan fingerprint density at radius 1 is 1.29 bits per heavy atom. The predicted octanol–water partition coefficient (Wildman–Crippen LogP) is 2.21. The van der Waals surface area contributed by atoms with E-state index in [2.05, 4.69) is 21.8 Å². The van der Waals surface area contributed by atoms with Crippen molar-refractivity contribution in [3.05, 3.63) is 50.8 Å². The lowest BCUT2D eigenvalue weighted by Gasteiger charge is -2.13. The molecule has 0 saturated heterocycles. The summed E-state index contributed by atoms with van der Waals surface area (Å²) < 4.78 is 3.65. The van der Waals surface area contributed by atoms with Gasteiger partial charge in [-0.1, -0.05) is 6.92 Å². The summed E-state index contributed by atoms with van der Waals surface area (Å²) in [6.07, 6.45) is 8.36. The Morgan fingerprint density at radius 2 is 2.12 bits per heavy atom. The zero-order chi connectivity index (χ0) is 16.7. The van der Waals surface area contributed by atoms with E-state index in [-0.39, 0.29) is 5.56 Å². The third-order valence-electron chi connectivity index (χ3n) is 5.05. The first-order chi connectivity index (χ1) is 11.7. The van der Waals surface area contributed by atoms with Gasteiger partial charge in [0.2, 0.25) is 0 Å². The molecule has 0 aliphatic heterocycles. The van der Waals surface area contributed by atoms with Crippen LogP contribution in [-0.2, 0) is 32.2 Å². The fraction of sp³-hybridized carbons (Fsp3) is 0.500. The first kappa shape index (κ1) is 15.2. The lowest BCUT2D eigenvalue weighted by atomic mass is 9.98. The first-order valence-corrected chi connectivity index (χ1v) is 8.81. The minimum absolute atomic E-state index is 0.0414. The molecule has 4 rings (SSSR count). The van der Waals surface area contributed by atoms with Crippen LogP contribution in [0.5, 0.6) is 0 Å². The first-order valence-electron chi connectivity index (χ1n) is 8.81. The highest BCUT2D eigenvalue weighted by atomic mass is 16.1. The number of rotatable bonds is 4. The molecule has 0 amide bonds. The van der Waals surface area contributed by atoms with Crippen molar-refractivity contribution in [2.45, 2.75) is 58.9 Å². The van der Waals surface area contributed by atoms with Gasteiger partial charge in [0.1, 0.15) is 0 Å². The number of fused-ring (bicyclic) bond motifs is 2. The van der Waals surface area contributed by atoms with Crippen LogP contribution in [0.15, 0.2) is 17.1 Å². The van der Waals surface area contributed by atoms with E-state index in [9.17, 15) is 4.79 Å². The van der Waals surface area contributed by atoms with Crippen LogP contribution in [0.4, 0.5) is 0 Å². The molecule has 1 N–H and O–H groups in total. The summed E-state index contributed by atoms with van der Waals surface area (Å²) in [6.45, 7) is 4.86. The smallest absolute Gasteiger partial charge is 0.272 e. The van der Waals surface area contributed by atoms with Crippen molar-refractivity contribution in [2.24, 2.45) is 0 Å². The second-order valence-electron chi connectivity index (χ2n) is 6.61. The standard InChI is InChI=1S/C18H23N5O/c1-3-15-12(2)21-23-17(24)10-14(20-18(15)23)8-9-22-16-7-5-4-6-13(16)11-19-22/h10-11,21H,3-9H2,1-2H3. The molecule has 126 valence electrons. The van der Waals surface area contributed by atoms with Gasteiger partial charge in [0.15, 0.2) is 5.65 Å². The van der Waals surface area contributed by atoms with Gasteiger partial charge in [0, 0.05) is 36.0 Å². The molecule has 3 aromatic heterocycles. The molecule has 0 unspecified atom stereocenters. The van der Waals surface area contributed by atoms with Crippen LogP contribution in [-0.4, -0.2) is 24.4 Å². The third-order valence-corrected chi connectivity index (χ3v) is 5.05. The Morgan fingerprint density at radius 3 is 2.96 bits per heavy atom. The van der Waals surface area contributed by atoms with Crippen LogP contribution < -0.4 is 5.56 Å². The van der Waals surface area contributed by atoms with Crippen LogP contribution in [0.25, 0.3) is 5.65 Å². The highest BCUT2D eigenvalue weighted by Crippen LogP contribution is 2.21. The van der Waals surface area contributed by atoms with Crippen molar-refractivity contribution in [3.8, 4) is 0 Å². The molecule has 0 radical (unpaired) electrons. The minimum Gasteiger partial charge on any atom is -0.294 e. The fourth-order valence-electron chi connectivity index (χ4n) is 3.76.